The standard InChI is InChI=1S/C11H14BrN3O3/c1-2-18-11(17)10-8(5-13-14-10)15-6-7(4-12)3-9(15)16/h5,7H,2-4,6H2,1H3,(H,13,14). The molecular formula is C11H14BrN3O3. The molecule has 1 atom stereocenters. The van der Waals surface area contributed by atoms with Gasteiger partial charge in [0.2, 0.25) is 5.91 Å². The van der Waals surface area contributed by atoms with E-state index in [4.69, 9.17) is 4.74 Å². The molecule has 1 fully saturated rings. The van der Waals surface area contributed by atoms with Gasteiger partial charge >= 0.3 is 5.97 Å². The van der Waals surface area contributed by atoms with Crippen molar-refractivity contribution in [2.24, 2.45) is 5.92 Å². The first-order valence-corrected chi connectivity index (χ1v) is 6.86. The molecule has 0 spiro atoms. The van der Waals surface area contributed by atoms with Gasteiger partial charge in [0, 0.05) is 18.3 Å². The first kappa shape index (κ1) is 13.1. The van der Waals surface area contributed by atoms with E-state index < -0.39 is 5.97 Å². The van der Waals surface area contributed by atoms with E-state index in [1.807, 2.05) is 0 Å². The van der Waals surface area contributed by atoms with Crippen molar-refractivity contribution in [3.8, 4) is 0 Å². The van der Waals surface area contributed by atoms with Gasteiger partial charge in [-0.1, -0.05) is 15.9 Å². The lowest BCUT2D eigenvalue weighted by atomic mass is 10.2. The molecule has 18 heavy (non-hydrogen) atoms. The molecule has 0 saturated carbocycles. The minimum absolute atomic E-state index is 0.00592. The number of ether oxygens (including phenoxy) is 1. The second-order valence-electron chi connectivity index (χ2n) is 4.08. The van der Waals surface area contributed by atoms with Crippen LogP contribution in [0.3, 0.4) is 0 Å². The maximum atomic E-state index is 11.9. The number of nitrogens with zero attached hydrogens (tertiary/aromatic N) is 2. The number of alkyl halides is 1. The third-order valence-electron chi connectivity index (χ3n) is 2.81. The zero-order valence-electron chi connectivity index (χ0n) is 9.98. The first-order valence-electron chi connectivity index (χ1n) is 5.74. The molecule has 7 heteroatoms. The molecular weight excluding hydrogens is 302 g/mol. The zero-order chi connectivity index (χ0) is 13.1. The number of halogens is 1. The van der Waals surface area contributed by atoms with Gasteiger partial charge in [0.15, 0.2) is 5.69 Å². The van der Waals surface area contributed by atoms with Gasteiger partial charge in [-0.15, -0.1) is 0 Å². The smallest absolute Gasteiger partial charge is 0.358 e. The van der Waals surface area contributed by atoms with E-state index in [0.717, 1.165) is 5.33 Å². The first-order chi connectivity index (χ1) is 8.67. The van der Waals surface area contributed by atoms with Crippen LogP contribution in [0.1, 0.15) is 23.8 Å². The Balaban J connectivity index is 2.21. The highest BCUT2D eigenvalue weighted by molar-refractivity contribution is 9.09. The molecule has 0 aliphatic carbocycles. The van der Waals surface area contributed by atoms with Crippen LogP contribution in [-0.2, 0) is 9.53 Å². The predicted molar refractivity (Wildman–Crippen MR) is 68.8 cm³/mol. The number of aromatic nitrogens is 2. The van der Waals surface area contributed by atoms with Gasteiger partial charge in [0.25, 0.3) is 0 Å². The Morgan fingerprint density at radius 1 is 1.72 bits per heavy atom. The Morgan fingerprint density at radius 2 is 2.50 bits per heavy atom. The second kappa shape index (κ2) is 5.51. The number of carbonyl (C=O) groups excluding carboxylic acids is 2. The number of rotatable bonds is 4. The number of anilines is 1. The largest absolute Gasteiger partial charge is 0.461 e. The van der Waals surface area contributed by atoms with Crippen LogP contribution in [0.2, 0.25) is 0 Å². The van der Waals surface area contributed by atoms with Crippen LogP contribution < -0.4 is 4.90 Å². The highest BCUT2D eigenvalue weighted by Gasteiger charge is 2.33. The lowest BCUT2D eigenvalue weighted by Crippen LogP contribution is -2.26. The average Bonchev–Trinajstić information content (AvgIpc) is 2.94. The lowest BCUT2D eigenvalue weighted by molar-refractivity contribution is -0.117. The molecule has 6 nitrogen and oxygen atoms in total. The number of amides is 1. The zero-order valence-corrected chi connectivity index (χ0v) is 11.6. The van der Waals surface area contributed by atoms with Crippen molar-refractivity contribution in [3.63, 3.8) is 0 Å². The van der Waals surface area contributed by atoms with Gasteiger partial charge in [-0.05, 0) is 12.8 Å². The fourth-order valence-corrected chi connectivity index (χ4v) is 2.39. The van der Waals surface area contributed by atoms with Gasteiger partial charge in [0.05, 0.1) is 18.5 Å². The summed E-state index contributed by atoms with van der Waals surface area (Å²) in [5, 5.41) is 7.18. The number of carbonyl (C=O) groups is 2. The van der Waals surface area contributed by atoms with E-state index in [9.17, 15) is 9.59 Å². The van der Waals surface area contributed by atoms with Crippen molar-refractivity contribution < 1.29 is 14.3 Å². The summed E-state index contributed by atoms with van der Waals surface area (Å²) in [6, 6.07) is 0. The Kier molecular flexibility index (Phi) is 4.00. The lowest BCUT2D eigenvalue weighted by Gasteiger charge is -2.15. The van der Waals surface area contributed by atoms with E-state index in [0.29, 0.717) is 18.7 Å². The molecule has 1 aromatic rings. The van der Waals surface area contributed by atoms with Crippen molar-refractivity contribution in [1.82, 2.24) is 10.2 Å². The molecule has 1 amide bonds. The quantitative estimate of drug-likeness (QED) is 0.672. The van der Waals surface area contributed by atoms with Gasteiger partial charge < -0.3 is 9.64 Å². The van der Waals surface area contributed by atoms with Crippen LogP contribution in [0.5, 0.6) is 0 Å². The van der Waals surface area contributed by atoms with Crippen LogP contribution in [-0.4, -0.2) is 40.6 Å². The topological polar surface area (TPSA) is 75.3 Å². The Bertz CT molecular complexity index is 460. The van der Waals surface area contributed by atoms with Crippen LogP contribution >= 0.6 is 15.9 Å². The molecule has 1 N–H and O–H groups in total. The minimum Gasteiger partial charge on any atom is -0.461 e. The normalized spacial score (nSPS) is 19.3. The van der Waals surface area contributed by atoms with Crippen LogP contribution in [0.4, 0.5) is 5.69 Å². The van der Waals surface area contributed by atoms with E-state index in [2.05, 4.69) is 26.1 Å². The number of nitrogens with one attached hydrogen (secondary N) is 1. The number of hydrogen-bond acceptors (Lipinski definition) is 4. The fourth-order valence-electron chi connectivity index (χ4n) is 1.96. The third kappa shape index (κ3) is 2.40. The molecule has 1 aromatic heterocycles. The van der Waals surface area contributed by atoms with Crippen molar-refractivity contribution in [1.29, 1.82) is 0 Å². The van der Waals surface area contributed by atoms with Gasteiger partial charge in [-0.2, -0.15) is 5.10 Å². The van der Waals surface area contributed by atoms with Gasteiger partial charge in [-0.25, -0.2) is 4.79 Å². The summed E-state index contributed by atoms with van der Waals surface area (Å²) in [5.41, 5.74) is 0.738. The molecule has 2 heterocycles. The highest BCUT2D eigenvalue weighted by atomic mass is 79.9. The highest BCUT2D eigenvalue weighted by Crippen LogP contribution is 2.28. The second-order valence-corrected chi connectivity index (χ2v) is 4.73. The molecule has 1 saturated heterocycles. The van der Waals surface area contributed by atoms with Gasteiger partial charge in [0.1, 0.15) is 0 Å². The number of hydrogen-bond donors (Lipinski definition) is 1. The number of H-pyrrole nitrogens is 1. The summed E-state index contributed by atoms with van der Waals surface area (Å²) in [6.07, 6.45) is 1.97. The summed E-state index contributed by atoms with van der Waals surface area (Å²) in [6.45, 7) is 2.61. The maximum absolute atomic E-state index is 11.9. The monoisotopic (exact) mass is 315 g/mol. The van der Waals surface area contributed by atoms with E-state index in [-0.39, 0.29) is 24.1 Å². The van der Waals surface area contributed by atoms with Gasteiger partial charge in [-0.3, -0.25) is 9.89 Å². The summed E-state index contributed by atoms with van der Waals surface area (Å²) in [4.78, 5) is 25.2. The van der Waals surface area contributed by atoms with Crippen LogP contribution in [0.15, 0.2) is 6.20 Å². The molecule has 1 aliphatic rings. The van der Waals surface area contributed by atoms with Crippen molar-refractivity contribution in [2.45, 2.75) is 13.3 Å². The molecule has 1 aliphatic heterocycles. The maximum Gasteiger partial charge on any atom is 0.358 e. The third-order valence-corrected chi connectivity index (χ3v) is 3.73. The molecule has 0 radical (unpaired) electrons. The molecule has 98 valence electrons. The van der Waals surface area contributed by atoms with Crippen LogP contribution in [0, 0.1) is 5.92 Å². The summed E-state index contributed by atoms with van der Waals surface area (Å²) in [7, 11) is 0. The molecule has 2 rings (SSSR count). The average molecular weight is 316 g/mol. The van der Waals surface area contributed by atoms with E-state index in [1.165, 1.54) is 6.20 Å². The minimum atomic E-state index is -0.486. The molecule has 0 aromatic carbocycles. The number of esters is 1. The fraction of sp³-hybridized carbons (Fsp3) is 0.545. The van der Waals surface area contributed by atoms with E-state index in [1.54, 1.807) is 11.8 Å². The Morgan fingerprint density at radius 3 is 3.11 bits per heavy atom. The van der Waals surface area contributed by atoms with Crippen LogP contribution in [0.25, 0.3) is 0 Å². The summed E-state index contributed by atoms with van der Waals surface area (Å²) >= 11 is 3.37. The number of aromatic amines is 1. The summed E-state index contributed by atoms with van der Waals surface area (Å²) < 4.78 is 4.92. The SMILES string of the molecule is CCOC(=O)c1[nH]ncc1N1CC(CBr)CC1=O. The molecule has 0 bridgehead atoms. The van der Waals surface area contributed by atoms with Crippen molar-refractivity contribution >= 4 is 33.5 Å². The van der Waals surface area contributed by atoms with Crippen molar-refractivity contribution in [3.05, 3.63) is 11.9 Å². The summed E-state index contributed by atoms with van der Waals surface area (Å²) in [5.74, 6) is -0.214. The predicted octanol–water partition coefficient (Wildman–Crippen LogP) is 1.33. The molecule has 1 unspecified atom stereocenters. The Hall–Kier alpha value is -1.37. The Labute approximate surface area is 113 Å². The van der Waals surface area contributed by atoms with E-state index >= 15 is 0 Å². The van der Waals surface area contributed by atoms with Crippen molar-refractivity contribution in [2.75, 3.05) is 23.4 Å².